The van der Waals surface area contributed by atoms with Gasteiger partial charge in [0, 0.05) is 38.3 Å². The first-order valence-electron chi connectivity index (χ1n) is 8.51. The number of rotatable bonds is 7. The predicted octanol–water partition coefficient (Wildman–Crippen LogP) is 0.882. The minimum absolute atomic E-state index is 0.140. The van der Waals surface area contributed by atoms with E-state index in [0.717, 1.165) is 30.5 Å². The zero-order chi connectivity index (χ0) is 16.8. The van der Waals surface area contributed by atoms with Gasteiger partial charge in [0.15, 0.2) is 0 Å². The van der Waals surface area contributed by atoms with E-state index in [9.17, 15) is 14.4 Å². The van der Waals surface area contributed by atoms with Crippen molar-refractivity contribution in [3.8, 4) is 0 Å². The number of nitrogens with zero attached hydrogens (tertiary/aromatic N) is 3. The maximum absolute atomic E-state index is 12.2. The van der Waals surface area contributed by atoms with Crippen LogP contribution in [0.25, 0.3) is 0 Å². The molecular weight excluding hydrogens is 294 g/mol. The average Bonchev–Trinajstić information content (AvgIpc) is 2.84. The summed E-state index contributed by atoms with van der Waals surface area (Å²) in [6, 6.07) is 0. The lowest BCUT2D eigenvalue weighted by Crippen LogP contribution is -2.51. The third-order valence-electron chi connectivity index (χ3n) is 4.42. The van der Waals surface area contributed by atoms with Crippen molar-refractivity contribution in [2.75, 3.05) is 39.3 Å². The molecule has 2 rings (SSSR count). The third kappa shape index (κ3) is 5.16. The summed E-state index contributed by atoms with van der Waals surface area (Å²) in [6.45, 7) is 8.52. The standard InChI is InChI=1S/C17H27N3O3/c1-14(2)5-3-4-8-18-9-11-19(12-10-18)17(23)13-20-15(21)6-7-16(20)22/h6-7,14H,3-5,8-13H2,1-2H3. The Bertz CT molecular complexity index is 461. The van der Waals surface area contributed by atoms with Crippen molar-refractivity contribution in [1.82, 2.24) is 14.7 Å². The molecule has 1 saturated heterocycles. The van der Waals surface area contributed by atoms with E-state index in [-0.39, 0.29) is 12.5 Å². The Morgan fingerprint density at radius 1 is 1.04 bits per heavy atom. The van der Waals surface area contributed by atoms with Gasteiger partial charge in [0.25, 0.3) is 11.8 Å². The van der Waals surface area contributed by atoms with Gasteiger partial charge < -0.3 is 4.90 Å². The number of carbonyl (C=O) groups is 3. The van der Waals surface area contributed by atoms with Crippen LogP contribution in [0.5, 0.6) is 0 Å². The van der Waals surface area contributed by atoms with Crippen molar-refractivity contribution in [2.45, 2.75) is 33.1 Å². The van der Waals surface area contributed by atoms with Crippen molar-refractivity contribution >= 4 is 17.7 Å². The topological polar surface area (TPSA) is 60.9 Å². The molecule has 0 aromatic rings. The van der Waals surface area contributed by atoms with Crippen LogP contribution in [-0.4, -0.2) is 71.7 Å². The van der Waals surface area contributed by atoms with E-state index in [0.29, 0.717) is 13.1 Å². The van der Waals surface area contributed by atoms with Gasteiger partial charge in [-0.1, -0.05) is 26.7 Å². The lowest BCUT2D eigenvalue weighted by Gasteiger charge is -2.35. The van der Waals surface area contributed by atoms with E-state index in [1.54, 1.807) is 4.90 Å². The molecule has 0 atom stereocenters. The van der Waals surface area contributed by atoms with Crippen LogP contribution in [0, 0.1) is 5.92 Å². The van der Waals surface area contributed by atoms with E-state index in [1.165, 1.54) is 31.4 Å². The quantitative estimate of drug-likeness (QED) is 0.516. The lowest BCUT2D eigenvalue weighted by molar-refractivity contribution is -0.145. The van der Waals surface area contributed by atoms with Crippen molar-refractivity contribution in [3.63, 3.8) is 0 Å². The summed E-state index contributed by atoms with van der Waals surface area (Å²) in [4.78, 5) is 40.3. The highest BCUT2D eigenvalue weighted by Gasteiger charge is 2.29. The lowest BCUT2D eigenvalue weighted by atomic mass is 10.1. The molecule has 128 valence electrons. The van der Waals surface area contributed by atoms with Gasteiger partial charge in [0.2, 0.25) is 5.91 Å². The highest BCUT2D eigenvalue weighted by molar-refractivity contribution is 6.14. The Morgan fingerprint density at radius 2 is 1.65 bits per heavy atom. The summed E-state index contributed by atoms with van der Waals surface area (Å²) in [5.41, 5.74) is 0. The fourth-order valence-electron chi connectivity index (χ4n) is 2.93. The summed E-state index contributed by atoms with van der Waals surface area (Å²) >= 11 is 0. The normalized spacial score (nSPS) is 19.3. The first-order valence-corrected chi connectivity index (χ1v) is 8.51. The van der Waals surface area contributed by atoms with Crippen LogP contribution in [0.2, 0.25) is 0 Å². The van der Waals surface area contributed by atoms with E-state index in [2.05, 4.69) is 18.7 Å². The van der Waals surface area contributed by atoms with Crippen LogP contribution in [0.15, 0.2) is 12.2 Å². The molecule has 6 heteroatoms. The predicted molar refractivity (Wildman–Crippen MR) is 87.6 cm³/mol. The van der Waals surface area contributed by atoms with Crippen LogP contribution in [0.1, 0.15) is 33.1 Å². The van der Waals surface area contributed by atoms with Gasteiger partial charge in [-0.25, -0.2) is 0 Å². The van der Waals surface area contributed by atoms with Crippen LogP contribution < -0.4 is 0 Å². The second kappa shape index (κ2) is 8.24. The summed E-state index contributed by atoms with van der Waals surface area (Å²) in [5, 5.41) is 0. The van der Waals surface area contributed by atoms with Crippen molar-refractivity contribution in [1.29, 1.82) is 0 Å². The van der Waals surface area contributed by atoms with Gasteiger partial charge in [-0.3, -0.25) is 24.2 Å². The monoisotopic (exact) mass is 321 g/mol. The minimum Gasteiger partial charge on any atom is -0.339 e. The van der Waals surface area contributed by atoms with Gasteiger partial charge in [0.1, 0.15) is 6.54 Å². The van der Waals surface area contributed by atoms with Gasteiger partial charge in [-0.05, 0) is 18.9 Å². The molecule has 0 bridgehead atoms. The van der Waals surface area contributed by atoms with Crippen LogP contribution in [0.3, 0.4) is 0 Å². The number of unbranched alkanes of at least 4 members (excludes halogenated alkanes) is 1. The maximum Gasteiger partial charge on any atom is 0.254 e. The maximum atomic E-state index is 12.2. The first-order chi connectivity index (χ1) is 11.0. The molecule has 23 heavy (non-hydrogen) atoms. The van der Waals surface area contributed by atoms with Gasteiger partial charge in [-0.15, -0.1) is 0 Å². The smallest absolute Gasteiger partial charge is 0.254 e. The third-order valence-corrected chi connectivity index (χ3v) is 4.42. The van der Waals surface area contributed by atoms with Crippen LogP contribution in [-0.2, 0) is 14.4 Å². The average molecular weight is 321 g/mol. The minimum atomic E-state index is -0.396. The second-order valence-corrected chi connectivity index (χ2v) is 6.71. The summed E-state index contributed by atoms with van der Waals surface area (Å²) in [5.74, 6) is -0.177. The number of amides is 3. The summed E-state index contributed by atoms with van der Waals surface area (Å²) < 4.78 is 0. The zero-order valence-corrected chi connectivity index (χ0v) is 14.2. The Labute approximate surface area is 138 Å². The van der Waals surface area contributed by atoms with Crippen molar-refractivity contribution in [2.24, 2.45) is 5.92 Å². The molecule has 0 N–H and O–H groups in total. The van der Waals surface area contributed by atoms with E-state index in [4.69, 9.17) is 0 Å². The molecular formula is C17H27N3O3. The Hall–Kier alpha value is -1.69. The number of hydrogen-bond acceptors (Lipinski definition) is 4. The number of hydrogen-bond donors (Lipinski definition) is 0. The number of carbonyl (C=O) groups excluding carboxylic acids is 3. The SMILES string of the molecule is CC(C)CCCCN1CCN(C(=O)CN2C(=O)C=CC2=O)CC1. The molecule has 0 radical (unpaired) electrons. The van der Waals surface area contributed by atoms with Crippen molar-refractivity contribution < 1.29 is 14.4 Å². The van der Waals surface area contributed by atoms with Gasteiger partial charge in [0.05, 0.1) is 0 Å². The Balaban J connectivity index is 1.67. The van der Waals surface area contributed by atoms with Gasteiger partial charge >= 0.3 is 0 Å². The van der Waals surface area contributed by atoms with Crippen LogP contribution >= 0.6 is 0 Å². The zero-order valence-electron chi connectivity index (χ0n) is 14.2. The molecule has 0 aliphatic carbocycles. The summed E-state index contributed by atoms with van der Waals surface area (Å²) in [6.07, 6.45) is 6.15. The number of imide groups is 1. The molecule has 2 aliphatic heterocycles. The molecule has 0 unspecified atom stereocenters. The second-order valence-electron chi connectivity index (χ2n) is 6.71. The molecule has 0 aromatic heterocycles. The highest BCUT2D eigenvalue weighted by atomic mass is 16.2. The molecule has 6 nitrogen and oxygen atoms in total. The number of piperazine rings is 1. The summed E-state index contributed by atoms with van der Waals surface area (Å²) in [7, 11) is 0. The van der Waals surface area contributed by atoms with Crippen molar-refractivity contribution in [3.05, 3.63) is 12.2 Å². The fraction of sp³-hybridized carbons (Fsp3) is 0.706. The molecule has 0 saturated carbocycles. The molecule has 0 aromatic carbocycles. The molecule has 1 fully saturated rings. The van der Waals surface area contributed by atoms with E-state index in [1.807, 2.05) is 0 Å². The first kappa shape index (κ1) is 17.7. The highest BCUT2D eigenvalue weighted by Crippen LogP contribution is 2.10. The van der Waals surface area contributed by atoms with Crippen LogP contribution in [0.4, 0.5) is 0 Å². The van der Waals surface area contributed by atoms with Gasteiger partial charge in [-0.2, -0.15) is 0 Å². The molecule has 2 aliphatic rings. The molecule has 0 spiro atoms. The Kier molecular flexibility index (Phi) is 6.33. The molecule has 3 amide bonds. The Morgan fingerprint density at radius 3 is 2.22 bits per heavy atom. The van der Waals surface area contributed by atoms with E-state index < -0.39 is 11.8 Å². The fourth-order valence-corrected chi connectivity index (χ4v) is 2.93. The van der Waals surface area contributed by atoms with E-state index >= 15 is 0 Å². The molecule has 2 heterocycles. The largest absolute Gasteiger partial charge is 0.339 e.